The summed E-state index contributed by atoms with van der Waals surface area (Å²) in [6.45, 7) is 7.62. The number of rotatable bonds is 6. The molecule has 5 nitrogen and oxygen atoms in total. The van der Waals surface area contributed by atoms with E-state index >= 15 is 0 Å². The molecule has 0 unspecified atom stereocenters. The molecule has 1 N–H and O–H groups in total. The SMILES string of the molecule is Cc1nn(-c2ccccc2)c(C)c1C(=O)C(=O)N[C@@H](c1cccs1)C(C)C. The van der Waals surface area contributed by atoms with E-state index in [4.69, 9.17) is 0 Å². The van der Waals surface area contributed by atoms with Crippen molar-refractivity contribution in [2.75, 3.05) is 0 Å². The molecule has 0 bridgehead atoms. The number of carbonyl (C=O) groups is 2. The van der Waals surface area contributed by atoms with Crippen LogP contribution in [-0.4, -0.2) is 21.5 Å². The molecule has 0 radical (unpaired) electrons. The van der Waals surface area contributed by atoms with Crippen LogP contribution in [0.25, 0.3) is 5.69 Å². The minimum atomic E-state index is -0.596. The summed E-state index contributed by atoms with van der Waals surface area (Å²) < 4.78 is 1.70. The van der Waals surface area contributed by atoms with Crippen molar-refractivity contribution < 1.29 is 9.59 Å². The van der Waals surface area contributed by atoms with Crippen LogP contribution in [0.3, 0.4) is 0 Å². The third-order valence-electron chi connectivity index (χ3n) is 4.53. The van der Waals surface area contributed by atoms with Crippen molar-refractivity contribution in [1.29, 1.82) is 0 Å². The first-order valence-electron chi connectivity index (χ1n) is 8.90. The van der Waals surface area contributed by atoms with Crippen molar-refractivity contribution in [3.63, 3.8) is 0 Å². The van der Waals surface area contributed by atoms with Crippen molar-refractivity contribution in [3.05, 3.63) is 69.7 Å². The first kappa shape index (κ1) is 19.0. The molecule has 0 aliphatic carbocycles. The Morgan fingerprint density at radius 2 is 1.78 bits per heavy atom. The number of thiophene rings is 1. The lowest BCUT2D eigenvalue weighted by molar-refractivity contribution is -0.118. The van der Waals surface area contributed by atoms with Crippen LogP contribution in [0, 0.1) is 19.8 Å². The Bertz CT molecular complexity index is 943. The highest BCUT2D eigenvalue weighted by atomic mass is 32.1. The van der Waals surface area contributed by atoms with Gasteiger partial charge >= 0.3 is 0 Å². The molecule has 1 atom stereocenters. The second-order valence-corrected chi connectivity index (χ2v) is 7.81. The molecule has 1 aromatic carbocycles. The highest BCUT2D eigenvalue weighted by Gasteiger charge is 2.28. The van der Waals surface area contributed by atoms with Gasteiger partial charge in [0.05, 0.1) is 28.7 Å². The molecule has 2 heterocycles. The molecule has 0 aliphatic heterocycles. The summed E-state index contributed by atoms with van der Waals surface area (Å²) in [5, 5.41) is 9.34. The van der Waals surface area contributed by atoms with Gasteiger partial charge in [-0.3, -0.25) is 9.59 Å². The van der Waals surface area contributed by atoms with Crippen LogP contribution in [-0.2, 0) is 4.79 Å². The predicted octanol–water partition coefficient (Wildman–Crippen LogP) is 4.25. The number of benzene rings is 1. The summed E-state index contributed by atoms with van der Waals surface area (Å²) in [5.41, 5.74) is 2.44. The quantitative estimate of drug-likeness (QED) is 0.513. The zero-order valence-electron chi connectivity index (χ0n) is 15.9. The zero-order valence-corrected chi connectivity index (χ0v) is 16.7. The molecule has 0 saturated carbocycles. The normalized spacial score (nSPS) is 12.2. The molecule has 6 heteroatoms. The van der Waals surface area contributed by atoms with Gasteiger partial charge in [0, 0.05) is 4.88 Å². The average molecular weight is 382 g/mol. The molecule has 27 heavy (non-hydrogen) atoms. The minimum absolute atomic E-state index is 0.176. The Balaban J connectivity index is 1.87. The number of aryl methyl sites for hydroxylation is 1. The summed E-state index contributed by atoms with van der Waals surface area (Å²) in [6, 6.07) is 13.3. The first-order valence-corrected chi connectivity index (χ1v) is 9.78. The van der Waals surface area contributed by atoms with Gasteiger partial charge in [0.2, 0.25) is 0 Å². The molecule has 3 rings (SSSR count). The Kier molecular flexibility index (Phi) is 5.56. The van der Waals surface area contributed by atoms with Crippen LogP contribution >= 0.6 is 11.3 Å². The van der Waals surface area contributed by atoms with Gasteiger partial charge in [-0.25, -0.2) is 4.68 Å². The Morgan fingerprint density at radius 1 is 1.07 bits per heavy atom. The molecule has 2 aromatic heterocycles. The fourth-order valence-corrected chi connectivity index (χ4v) is 4.10. The molecular formula is C21H23N3O2S. The van der Waals surface area contributed by atoms with Crippen molar-refractivity contribution in [3.8, 4) is 5.69 Å². The molecule has 0 aliphatic rings. The number of ketones is 1. The number of hydrogen-bond donors (Lipinski definition) is 1. The van der Waals surface area contributed by atoms with Crippen molar-refractivity contribution >= 4 is 23.0 Å². The highest BCUT2D eigenvalue weighted by molar-refractivity contribution is 7.10. The van der Waals surface area contributed by atoms with E-state index in [2.05, 4.69) is 10.4 Å². The second-order valence-electron chi connectivity index (χ2n) is 6.83. The summed E-state index contributed by atoms with van der Waals surface area (Å²) in [6.07, 6.45) is 0. The summed E-state index contributed by atoms with van der Waals surface area (Å²) in [7, 11) is 0. The Labute approximate surface area is 163 Å². The van der Waals surface area contributed by atoms with Gasteiger partial charge in [0.1, 0.15) is 0 Å². The molecular weight excluding hydrogens is 358 g/mol. The molecule has 3 aromatic rings. The van der Waals surface area contributed by atoms with Crippen LogP contribution < -0.4 is 5.32 Å². The zero-order chi connectivity index (χ0) is 19.6. The van der Waals surface area contributed by atoms with E-state index in [9.17, 15) is 9.59 Å². The lowest BCUT2D eigenvalue weighted by Crippen LogP contribution is -2.36. The van der Waals surface area contributed by atoms with Gasteiger partial charge in [-0.05, 0) is 43.3 Å². The van der Waals surface area contributed by atoms with Crippen molar-refractivity contribution in [2.45, 2.75) is 33.7 Å². The minimum Gasteiger partial charge on any atom is -0.341 e. The van der Waals surface area contributed by atoms with Crippen LogP contribution in [0.5, 0.6) is 0 Å². The number of hydrogen-bond acceptors (Lipinski definition) is 4. The smallest absolute Gasteiger partial charge is 0.293 e. The number of nitrogens with zero attached hydrogens (tertiary/aromatic N) is 2. The Hall–Kier alpha value is -2.73. The summed E-state index contributed by atoms with van der Waals surface area (Å²) in [4.78, 5) is 26.6. The topological polar surface area (TPSA) is 64.0 Å². The van der Waals surface area contributed by atoms with E-state index in [1.54, 1.807) is 22.9 Å². The maximum Gasteiger partial charge on any atom is 0.293 e. The number of amides is 1. The second kappa shape index (κ2) is 7.88. The lowest BCUT2D eigenvalue weighted by Gasteiger charge is -2.20. The molecule has 0 spiro atoms. The molecule has 140 valence electrons. The van der Waals surface area contributed by atoms with Gasteiger partial charge in [0.15, 0.2) is 0 Å². The fraction of sp³-hybridized carbons (Fsp3) is 0.286. The average Bonchev–Trinajstić information content (AvgIpc) is 3.27. The third kappa shape index (κ3) is 3.85. The van der Waals surface area contributed by atoms with E-state index in [0.29, 0.717) is 17.0 Å². The fourth-order valence-electron chi connectivity index (χ4n) is 3.15. The maximum absolute atomic E-state index is 12.9. The molecule has 0 fully saturated rings. The monoisotopic (exact) mass is 381 g/mol. The third-order valence-corrected chi connectivity index (χ3v) is 5.48. The van der Waals surface area contributed by atoms with Crippen LogP contribution in [0.4, 0.5) is 0 Å². The van der Waals surface area contributed by atoms with Gasteiger partial charge in [0.25, 0.3) is 11.7 Å². The van der Waals surface area contributed by atoms with E-state index in [1.807, 2.05) is 68.6 Å². The standard InChI is InChI=1S/C21H23N3O2S/c1-13(2)19(17-11-8-12-27-17)22-21(26)20(25)18-14(3)23-24(15(18)4)16-9-6-5-7-10-16/h5-13,19H,1-4H3,(H,22,26)/t19-/m1/s1. The van der Waals surface area contributed by atoms with E-state index in [1.165, 1.54) is 0 Å². The van der Waals surface area contributed by atoms with Crippen molar-refractivity contribution in [2.24, 2.45) is 5.92 Å². The molecule has 0 saturated heterocycles. The number of nitrogens with one attached hydrogen (secondary N) is 1. The summed E-state index contributed by atoms with van der Waals surface area (Å²) in [5.74, 6) is -0.968. The van der Waals surface area contributed by atoms with Gasteiger partial charge < -0.3 is 5.32 Å². The van der Waals surface area contributed by atoms with Gasteiger partial charge in [-0.2, -0.15) is 5.10 Å². The Morgan fingerprint density at radius 3 is 2.37 bits per heavy atom. The number of carbonyl (C=O) groups excluding carboxylic acids is 2. The van der Waals surface area contributed by atoms with E-state index < -0.39 is 11.7 Å². The van der Waals surface area contributed by atoms with E-state index in [-0.39, 0.29) is 12.0 Å². The largest absolute Gasteiger partial charge is 0.341 e. The number of Topliss-reactive ketones (excluding diaryl/α,β-unsaturated/α-hetero) is 1. The number of para-hydroxylation sites is 1. The summed E-state index contributed by atoms with van der Waals surface area (Å²) >= 11 is 1.57. The predicted molar refractivity (Wildman–Crippen MR) is 107 cm³/mol. The highest BCUT2D eigenvalue weighted by Crippen LogP contribution is 2.26. The first-order chi connectivity index (χ1) is 12.9. The van der Waals surface area contributed by atoms with Gasteiger partial charge in [-0.15, -0.1) is 11.3 Å². The maximum atomic E-state index is 12.9. The number of aromatic nitrogens is 2. The lowest BCUT2D eigenvalue weighted by atomic mass is 10.0. The van der Waals surface area contributed by atoms with Crippen LogP contribution in [0.1, 0.15) is 46.5 Å². The molecule has 1 amide bonds. The van der Waals surface area contributed by atoms with E-state index in [0.717, 1.165) is 10.6 Å². The van der Waals surface area contributed by atoms with Crippen LogP contribution in [0.2, 0.25) is 0 Å². The van der Waals surface area contributed by atoms with Crippen molar-refractivity contribution in [1.82, 2.24) is 15.1 Å². The van der Waals surface area contributed by atoms with Gasteiger partial charge in [-0.1, -0.05) is 38.1 Å². The van der Waals surface area contributed by atoms with Crippen LogP contribution in [0.15, 0.2) is 47.8 Å².